The van der Waals surface area contributed by atoms with Crippen LogP contribution in [-0.4, -0.2) is 19.3 Å². The lowest BCUT2D eigenvalue weighted by molar-refractivity contribution is -0.107. The lowest BCUT2D eigenvalue weighted by Gasteiger charge is -2.20. The van der Waals surface area contributed by atoms with Crippen molar-refractivity contribution in [3.8, 4) is 11.5 Å². The summed E-state index contributed by atoms with van der Waals surface area (Å²) in [6.45, 7) is 0. The molecule has 108 valence electrons. The van der Waals surface area contributed by atoms with Gasteiger partial charge in [0.25, 0.3) is 0 Å². The van der Waals surface area contributed by atoms with Crippen molar-refractivity contribution in [2.45, 2.75) is 19.3 Å². The van der Waals surface area contributed by atoms with Gasteiger partial charge in [0.05, 0.1) is 13.0 Å². The first-order chi connectivity index (χ1) is 10.3. The zero-order valence-electron chi connectivity index (χ0n) is 11.9. The standard InChI is InChI=1S/C17H17NO3/c1-20-15-5-2-6-16-14(15)8-7-13-12(4-3-11-19)9-10-18-17(13)21-16/h2,4-6,9-11,13H,3,7-8H2,1H3. The van der Waals surface area contributed by atoms with E-state index < -0.39 is 0 Å². The normalized spacial score (nSPS) is 21.7. The number of hydrogen-bond acceptors (Lipinski definition) is 4. The number of benzene rings is 1. The van der Waals surface area contributed by atoms with Gasteiger partial charge in [0.15, 0.2) is 0 Å². The van der Waals surface area contributed by atoms with Gasteiger partial charge in [0.1, 0.15) is 17.8 Å². The highest BCUT2D eigenvalue weighted by atomic mass is 16.5. The second kappa shape index (κ2) is 5.95. The number of carbonyl (C=O) groups excluding carboxylic acids is 1. The Morgan fingerprint density at radius 3 is 3.19 bits per heavy atom. The summed E-state index contributed by atoms with van der Waals surface area (Å²) in [4.78, 5) is 15.0. The maximum absolute atomic E-state index is 10.6. The second-order valence-corrected chi connectivity index (χ2v) is 5.02. The molecule has 0 fully saturated rings. The van der Waals surface area contributed by atoms with Crippen LogP contribution in [0.3, 0.4) is 0 Å². The van der Waals surface area contributed by atoms with Gasteiger partial charge in [-0.15, -0.1) is 0 Å². The van der Waals surface area contributed by atoms with Crippen molar-refractivity contribution in [3.05, 3.63) is 47.7 Å². The highest BCUT2D eigenvalue weighted by molar-refractivity contribution is 5.87. The van der Waals surface area contributed by atoms with Crippen molar-refractivity contribution in [1.82, 2.24) is 0 Å². The molecule has 0 N–H and O–H groups in total. The van der Waals surface area contributed by atoms with E-state index in [2.05, 4.69) is 4.99 Å². The first-order valence-corrected chi connectivity index (χ1v) is 7.05. The van der Waals surface area contributed by atoms with Crippen molar-refractivity contribution >= 4 is 12.2 Å². The number of aliphatic imine (C=N–C) groups is 1. The highest BCUT2D eigenvalue weighted by Crippen LogP contribution is 2.37. The number of carbonyl (C=O) groups is 1. The molecule has 0 bridgehead atoms. The lowest BCUT2D eigenvalue weighted by atomic mass is 9.90. The fourth-order valence-electron chi connectivity index (χ4n) is 2.81. The summed E-state index contributed by atoms with van der Waals surface area (Å²) < 4.78 is 11.4. The molecule has 0 aromatic heterocycles. The minimum Gasteiger partial charge on any atom is -0.496 e. The second-order valence-electron chi connectivity index (χ2n) is 5.02. The molecule has 1 aromatic carbocycles. The monoisotopic (exact) mass is 283 g/mol. The lowest BCUT2D eigenvalue weighted by Crippen LogP contribution is -2.22. The Kier molecular flexibility index (Phi) is 3.86. The Bertz CT molecular complexity index is 643. The van der Waals surface area contributed by atoms with Crippen molar-refractivity contribution in [3.63, 3.8) is 0 Å². The zero-order chi connectivity index (χ0) is 14.7. The molecule has 1 unspecified atom stereocenters. The van der Waals surface area contributed by atoms with Crippen LogP contribution in [0.4, 0.5) is 0 Å². The Morgan fingerprint density at radius 1 is 1.48 bits per heavy atom. The first-order valence-electron chi connectivity index (χ1n) is 7.05. The summed E-state index contributed by atoms with van der Waals surface area (Å²) in [5.41, 5.74) is 2.17. The minimum absolute atomic E-state index is 0.104. The highest BCUT2D eigenvalue weighted by Gasteiger charge is 2.28. The van der Waals surface area contributed by atoms with Crippen molar-refractivity contribution in [2.75, 3.05) is 7.11 Å². The van der Waals surface area contributed by atoms with Crippen molar-refractivity contribution < 1.29 is 14.3 Å². The van der Waals surface area contributed by atoms with Gasteiger partial charge in [-0.25, -0.2) is 4.99 Å². The third-order valence-electron chi connectivity index (χ3n) is 3.83. The van der Waals surface area contributed by atoms with Gasteiger partial charge in [-0.05, 0) is 36.6 Å². The van der Waals surface area contributed by atoms with E-state index in [4.69, 9.17) is 9.47 Å². The average Bonchev–Trinajstić information content (AvgIpc) is 2.71. The first kappa shape index (κ1) is 13.6. The number of ether oxygens (including phenoxy) is 2. The van der Waals surface area contributed by atoms with Crippen LogP contribution in [-0.2, 0) is 11.2 Å². The number of rotatable bonds is 3. The van der Waals surface area contributed by atoms with Crippen LogP contribution in [0, 0.1) is 5.92 Å². The van der Waals surface area contributed by atoms with Gasteiger partial charge >= 0.3 is 0 Å². The smallest absolute Gasteiger partial charge is 0.202 e. The number of hydrogen-bond donors (Lipinski definition) is 0. The number of methoxy groups -OCH3 is 1. The SMILES string of the molecule is COc1cccc2c1CCC1C(=CCC=O)C=CN=C1O2. The molecule has 1 aromatic rings. The molecule has 0 amide bonds. The topological polar surface area (TPSA) is 47.9 Å². The zero-order valence-corrected chi connectivity index (χ0v) is 11.9. The Balaban J connectivity index is 1.95. The summed E-state index contributed by atoms with van der Waals surface area (Å²) in [6, 6.07) is 5.80. The number of allylic oxidation sites excluding steroid dienone is 2. The molecule has 0 saturated carbocycles. The minimum atomic E-state index is 0.104. The van der Waals surface area contributed by atoms with Crippen LogP contribution < -0.4 is 9.47 Å². The van der Waals surface area contributed by atoms with E-state index in [1.54, 1.807) is 13.3 Å². The third kappa shape index (κ3) is 2.61. The van der Waals surface area contributed by atoms with Gasteiger partial charge in [-0.2, -0.15) is 0 Å². The molecule has 0 spiro atoms. The summed E-state index contributed by atoms with van der Waals surface area (Å²) in [5.74, 6) is 2.45. The molecule has 3 rings (SSSR count). The molecule has 2 aliphatic heterocycles. The number of nitrogens with zero attached hydrogens (tertiary/aromatic N) is 1. The van der Waals surface area contributed by atoms with Crippen LogP contribution in [0.15, 0.2) is 47.1 Å². The van der Waals surface area contributed by atoms with E-state index >= 15 is 0 Å². The van der Waals surface area contributed by atoms with Gasteiger partial charge < -0.3 is 14.3 Å². The summed E-state index contributed by atoms with van der Waals surface area (Å²) in [7, 11) is 1.67. The number of fused-ring (bicyclic) bond motifs is 2. The van der Waals surface area contributed by atoms with Crippen LogP contribution in [0.1, 0.15) is 18.4 Å². The number of aldehydes is 1. The van der Waals surface area contributed by atoms with Crippen LogP contribution in [0.25, 0.3) is 0 Å². The van der Waals surface area contributed by atoms with Crippen molar-refractivity contribution in [2.24, 2.45) is 10.9 Å². The Labute approximate surface area is 123 Å². The predicted molar refractivity (Wildman–Crippen MR) is 80.8 cm³/mol. The van der Waals surface area contributed by atoms with E-state index in [0.29, 0.717) is 12.3 Å². The van der Waals surface area contributed by atoms with E-state index in [0.717, 1.165) is 41.8 Å². The van der Waals surface area contributed by atoms with E-state index in [-0.39, 0.29) is 5.92 Å². The molecule has 4 heteroatoms. The van der Waals surface area contributed by atoms with E-state index in [1.807, 2.05) is 30.4 Å². The Hall–Kier alpha value is -2.36. The van der Waals surface area contributed by atoms with E-state index in [1.165, 1.54) is 0 Å². The molecular formula is C17H17NO3. The molecule has 0 aliphatic carbocycles. The molecule has 0 saturated heterocycles. The molecule has 1 atom stereocenters. The maximum atomic E-state index is 10.6. The van der Waals surface area contributed by atoms with Gasteiger partial charge in [-0.1, -0.05) is 12.1 Å². The molecule has 4 nitrogen and oxygen atoms in total. The van der Waals surface area contributed by atoms with Crippen molar-refractivity contribution in [1.29, 1.82) is 0 Å². The predicted octanol–water partition coefficient (Wildman–Crippen LogP) is 3.08. The Morgan fingerprint density at radius 2 is 2.38 bits per heavy atom. The summed E-state index contributed by atoms with van der Waals surface area (Å²) >= 11 is 0. The average molecular weight is 283 g/mol. The summed E-state index contributed by atoms with van der Waals surface area (Å²) in [6.07, 6.45) is 8.69. The van der Waals surface area contributed by atoms with Crippen LogP contribution in [0.2, 0.25) is 0 Å². The molecular weight excluding hydrogens is 266 g/mol. The maximum Gasteiger partial charge on any atom is 0.202 e. The third-order valence-corrected chi connectivity index (χ3v) is 3.83. The fourth-order valence-corrected chi connectivity index (χ4v) is 2.81. The van der Waals surface area contributed by atoms with Gasteiger partial charge in [0, 0.05) is 18.2 Å². The van der Waals surface area contributed by atoms with Crippen LogP contribution >= 0.6 is 0 Å². The fraction of sp³-hybridized carbons (Fsp3) is 0.294. The molecule has 2 aliphatic rings. The van der Waals surface area contributed by atoms with Gasteiger partial charge in [-0.3, -0.25) is 0 Å². The molecule has 2 heterocycles. The summed E-state index contributed by atoms with van der Waals surface area (Å²) in [5, 5.41) is 0. The molecule has 0 radical (unpaired) electrons. The van der Waals surface area contributed by atoms with E-state index in [9.17, 15) is 4.79 Å². The van der Waals surface area contributed by atoms with Crippen LogP contribution in [0.5, 0.6) is 11.5 Å². The quantitative estimate of drug-likeness (QED) is 0.801. The molecule has 21 heavy (non-hydrogen) atoms. The largest absolute Gasteiger partial charge is 0.496 e. The van der Waals surface area contributed by atoms with Gasteiger partial charge in [0.2, 0.25) is 5.90 Å².